The molecule has 3 fully saturated rings. The molecule has 0 N–H and O–H groups in total. The molecule has 156 valence electrons. The van der Waals surface area contributed by atoms with Crippen LogP contribution in [0.3, 0.4) is 0 Å². The van der Waals surface area contributed by atoms with E-state index in [1.165, 1.54) is 13.2 Å². The number of hydrogen-bond donors (Lipinski definition) is 0. The molecule has 1 aromatic carbocycles. The Morgan fingerprint density at radius 1 is 1.07 bits per heavy atom. The minimum absolute atomic E-state index is 0.0399. The average Bonchev–Trinajstić information content (AvgIpc) is 2.65. The predicted molar refractivity (Wildman–Crippen MR) is 100 cm³/mol. The fourth-order valence-electron chi connectivity index (χ4n) is 4.68. The third-order valence-electron chi connectivity index (χ3n) is 6.49. The molecule has 3 saturated heterocycles. The molecule has 3 aliphatic heterocycles. The summed E-state index contributed by atoms with van der Waals surface area (Å²) in [5.41, 5.74) is 0.630. The van der Waals surface area contributed by atoms with Crippen molar-refractivity contribution in [1.82, 2.24) is 9.80 Å². The first-order chi connectivity index (χ1) is 13.4. The molecule has 0 radical (unpaired) electrons. The molecule has 7 heteroatoms. The van der Waals surface area contributed by atoms with Crippen LogP contribution in [0, 0.1) is 5.82 Å². The second-order valence-corrected chi connectivity index (χ2v) is 8.52. The van der Waals surface area contributed by atoms with Gasteiger partial charge < -0.3 is 14.4 Å². The molecule has 3 heterocycles. The van der Waals surface area contributed by atoms with Gasteiger partial charge in [0.15, 0.2) is 0 Å². The minimum Gasteiger partial charge on any atom is -0.497 e. The van der Waals surface area contributed by atoms with Gasteiger partial charge in [0.25, 0.3) is 5.92 Å². The Kier molecular flexibility index (Phi) is 5.60. The first-order valence-electron chi connectivity index (χ1n) is 10.2. The van der Waals surface area contributed by atoms with Crippen LogP contribution in [0.2, 0.25) is 0 Å². The lowest BCUT2D eigenvalue weighted by molar-refractivity contribution is -0.232. The van der Waals surface area contributed by atoms with Gasteiger partial charge in [-0.2, -0.15) is 0 Å². The highest BCUT2D eigenvalue weighted by Gasteiger charge is 2.48. The van der Waals surface area contributed by atoms with Crippen LogP contribution in [0.5, 0.6) is 5.75 Å². The summed E-state index contributed by atoms with van der Waals surface area (Å²) in [6.45, 7) is 4.04. The van der Waals surface area contributed by atoms with Gasteiger partial charge >= 0.3 is 0 Å². The fourth-order valence-corrected chi connectivity index (χ4v) is 4.68. The number of likely N-dealkylation sites (tertiary alicyclic amines) is 2. The van der Waals surface area contributed by atoms with Gasteiger partial charge in [-0.1, -0.05) is 6.07 Å². The quantitative estimate of drug-likeness (QED) is 0.755. The van der Waals surface area contributed by atoms with Crippen LogP contribution in [-0.2, 0) is 11.3 Å². The van der Waals surface area contributed by atoms with Crippen LogP contribution in [0.15, 0.2) is 18.2 Å². The monoisotopic (exact) mass is 398 g/mol. The van der Waals surface area contributed by atoms with Crippen molar-refractivity contribution in [3.63, 3.8) is 0 Å². The maximum atomic E-state index is 14.2. The number of alkyl halides is 2. The topological polar surface area (TPSA) is 24.9 Å². The van der Waals surface area contributed by atoms with E-state index in [0.717, 1.165) is 38.9 Å². The van der Waals surface area contributed by atoms with E-state index in [4.69, 9.17) is 9.47 Å². The Bertz CT molecular complexity index is 674. The van der Waals surface area contributed by atoms with Crippen LogP contribution in [-0.4, -0.2) is 67.3 Å². The van der Waals surface area contributed by atoms with Crippen LogP contribution in [0.25, 0.3) is 0 Å². The van der Waals surface area contributed by atoms with Gasteiger partial charge in [-0.3, -0.25) is 4.90 Å². The maximum absolute atomic E-state index is 14.2. The zero-order valence-electron chi connectivity index (χ0n) is 16.4. The number of methoxy groups -OCH3 is 1. The van der Waals surface area contributed by atoms with Crippen molar-refractivity contribution in [3.8, 4) is 5.75 Å². The van der Waals surface area contributed by atoms with Gasteiger partial charge in [-0.25, -0.2) is 13.2 Å². The number of hydrogen-bond acceptors (Lipinski definition) is 4. The molecule has 3 aliphatic rings. The van der Waals surface area contributed by atoms with Crippen LogP contribution >= 0.6 is 0 Å². The lowest BCUT2D eigenvalue weighted by Gasteiger charge is -2.53. The SMILES string of the molecule is COc1ccc(CN2CCC3(CC2)C[C@@H](CN2CCC(F)(F)CC2)O3)c(F)c1. The van der Waals surface area contributed by atoms with E-state index in [2.05, 4.69) is 9.80 Å². The van der Waals surface area contributed by atoms with Crippen molar-refractivity contribution in [2.45, 2.75) is 56.3 Å². The van der Waals surface area contributed by atoms with Gasteiger partial charge in [0, 0.05) is 70.2 Å². The van der Waals surface area contributed by atoms with Gasteiger partial charge in [-0.05, 0) is 18.9 Å². The summed E-state index contributed by atoms with van der Waals surface area (Å²) in [6.07, 6.45) is 2.98. The molecule has 4 rings (SSSR count). The second kappa shape index (κ2) is 7.84. The molecule has 0 saturated carbocycles. The Balaban J connectivity index is 1.20. The second-order valence-electron chi connectivity index (χ2n) is 8.52. The minimum atomic E-state index is -2.49. The zero-order chi connectivity index (χ0) is 19.8. The van der Waals surface area contributed by atoms with E-state index in [0.29, 0.717) is 30.9 Å². The fraction of sp³-hybridized carbons (Fsp3) is 0.714. The third-order valence-corrected chi connectivity index (χ3v) is 6.49. The molecule has 4 nitrogen and oxygen atoms in total. The number of halogens is 3. The lowest BCUT2D eigenvalue weighted by atomic mass is 9.80. The molecule has 1 spiro atoms. The molecule has 28 heavy (non-hydrogen) atoms. The van der Waals surface area contributed by atoms with E-state index in [-0.39, 0.29) is 30.4 Å². The zero-order valence-corrected chi connectivity index (χ0v) is 16.4. The largest absolute Gasteiger partial charge is 0.497 e. The Labute approximate surface area is 164 Å². The normalized spacial score (nSPS) is 27.5. The molecule has 0 bridgehead atoms. The molecule has 0 amide bonds. The van der Waals surface area contributed by atoms with Crippen molar-refractivity contribution < 1.29 is 22.6 Å². The van der Waals surface area contributed by atoms with Crippen LogP contribution in [0.4, 0.5) is 13.2 Å². The smallest absolute Gasteiger partial charge is 0.250 e. The lowest BCUT2D eigenvalue weighted by Crippen LogP contribution is -2.59. The number of piperidine rings is 2. The summed E-state index contributed by atoms with van der Waals surface area (Å²) in [5.74, 6) is -2.19. The van der Waals surface area contributed by atoms with E-state index in [1.54, 1.807) is 12.1 Å². The van der Waals surface area contributed by atoms with Gasteiger partial charge in [-0.15, -0.1) is 0 Å². The van der Waals surface area contributed by atoms with Gasteiger partial charge in [0.1, 0.15) is 11.6 Å². The highest BCUT2D eigenvalue weighted by molar-refractivity contribution is 5.28. The summed E-state index contributed by atoms with van der Waals surface area (Å²) in [4.78, 5) is 4.37. The van der Waals surface area contributed by atoms with Crippen molar-refractivity contribution in [1.29, 1.82) is 0 Å². The number of rotatable bonds is 5. The summed E-state index contributed by atoms with van der Waals surface area (Å²) < 4.78 is 52.0. The summed E-state index contributed by atoms with van der Waals surface area (Å²) in [7, 11) is 1.53. The van der Waals surface area contributed by atoms with Crippen molar-refractivity contribution in [3.05, 3.63) is 29.6 Å². The predicted octanol–water partition coefficient (Wildman–Crippen LogP) is 3.69. The Hall–Kier alpha value is -1.31. The molecule has 0 aliphatic carbocycles. The molecule has 0 aromatic heterocycles. The molecular formula is C21H29F3N2O2. The number of ether oxygens (including phenoxy) is 2. The van der Waals surface area contributed by atoms with Gasteiger partial charge in [0.2, 0.25) is 0 Å². The number of benzene rings is 1. The van der Waals surface area contributed by atoms with Gasteiger partial charge in [0.05, 0.1) is 18.8 Å². The van der Waals surface area contributed by atoms with E-state index in [1.807, 2.05) is 0 Å². The summed E-state index contributed by atoms with van der Waals surface area (Å²) >= 11 is 0. The molecule has 0 unspecified atom stereocenters. The average molecular weight is 398 g/mol. The van der Waals surface area contributed by atoms with E-state index < -0.39 is 5.92 Å². The Morgan fingerprint density at radius 2 is 1.71 bits per heavy atom. The summed E-state index contributed by atoms with van der Waals surface area (Å²) in [6, 6.07) is 5.01. The Morgan fingerprint density at radius 3 is 2.32 bits per heavy atom. The van der Waals surface area contributed by atoms with Crippen molar-refractivity contribution in [2.24, 2.45) is 0 Å². The third kappa shape index (κ3) is 4.47. The molecule has 1 atom stereocenters. The summed E-state index contributed by atoms with van der Waals surface area (Å²) in [5, 5.41) is 0. The molecular weight excluding hydrogens is 369 g/mol. The maximum Gasteiger partial charge on any atom is 0.250 e. The van der Waals surface area contributed by atoms with Crippen LogP contribution in [0.1, 0.15) is 37.7 Å². The molecule has 1 aromatic rings. The highest BCUT2D eigenvalue weighted by atomic mass is 19.3. The van der Waals surface area contributed by atoms with Crippen molar-refractivity contribution in [2.75, 3.05) is 39.8 Å². The number of nitrogens with zero attached hydrogens (tertiary/aromatic N) is 2. The van der Waals surface area contributed by atoms with E-state index >= 15 is 0 Å². The van der Waals surface area contributed by atoms with Crippen LogP contribution < -0.4 is 4.74 Å². The highest BCUT2D eigenvalue weighted by Crippen LogP contribution is 2.42. The van der Waals surface area contributed by atoms with Crippen molar-refractivity contribution >= 4 is 0 Å². The van der Waals surface area contributed by atoms with E-state index in [9.17, 15) is 13.2 Å². The first-order valence-corrected chi connectivity index (χ1v) is 10.2. The first kappa shape index (κ1) is 20.0. The standard InChI is InChI=1S/C21H29F3N2O2/c1-27-17-3-2-16(19(22)12-17)14-25-8-4-20(5-9-25)13-18(28-20)15-26-10-6-21(23,24)7-11-26/h2-3,12,18H,4-11,13-15H2,1H3/t18-/m0/s1.